The summed E-state index contributed by atoms with van der Waals surface area (Å²) in [6, 6.07) is 7.03. The molecule has 1 aliphatic carbocycles. The normalized spacial score (nSPS) is 20.5. The molecule has 1 amide bonds. The van der Waals surface area contributed by atoms with Crippen LogP contribution in [0.4, 0.5) is 0 Å². The predicted octanol–water partition coefficient (Wildman–Crippen LogP) is 2.55. The highest BCUT2D eigenvalue weighted by Gasteiger charge is 2.30. The molecule has 2 aromatic rings. The second-order valence-corrected chi connectivity index (χ2v) is 6.74. The van der Waals surface area contributed by atoms with E-state index in [9.17, 15) is 9.59 Å². The first-order valence-corrected chi connectivity index (χ1v) is 8.58. The van der Waals surface area contributed by atoms with Crippen LogP contribution in [0.5, 0.6) is 0 Å². The Morgan fingerprint density at radius 2 is 1.92 bits per heavy atom. The van der Waals surface area contributed by atoms with Crippen molar-refractivity contribution in [3.63, 3.8) is 0 Å². The van der Waals surface area contributed by atoms with Gasteiger partial charge in [-0.25, -0.2) is 0 Å². The summed E-state index contributed by atoms with van der Waals surface area (Å²) < 4.78 is 5.29. The van der Waals surface area contributed by atoms with Crippen molar-refractivity contribution < 1.29 is 19.2 Å². The van der Waals surface area contributed by atoms with Gasteiger partial charge in [-0.2, -0.15) is 4.98 Å². The molecule has 1 N–H and O–H groups in total. The van der Waals surface area contributed by atoms with E-state index in [2.05, 4.69) is 10.1 Å². The van der Waals surface area contributed by atoms with Crippen LogP contribution >= 0.6 is 0 Å². The lowest BCUT2D eigenvalue weighted by Crippen LogP contribution is -2.42. The summed E-state index contributed by atoms with van der Waals surface area (Å²) in [5.74, 6) is 0.196. The highest BCUT2D eigenvalue weighted by Crippen LogP contribution is 2.38. The number of carbonyl (C=O) groups is 2. The molecule has 0 spiro atoms. The standard InChI is InChI=1S/C18H19N3O4/c22-17(21-9-1-2-14(10-21)18(23)24)13-7-5-12(6-8-13)16-19-15(20-25-16)11-3-4-11/h5-8,11,14H,1-4,9-10H2,(H,23,24)/t14-/m0/s1. The first kappa shape index (κ1) is 15.8. The Hall–Kier alpha value is -2.70. The average molecular weight is 341 g/mol. The van der Waals surface area contributed by atoms with Crippen LogP contribution in [0.2, 0.25) is 0 Å². The number of hydrogen-bond donors (Lipinski definition) is 1. The molecule has 2 aliphatic rings. The minimum Gasteiger partial charge on any atom is -0.481 e. The molecule has 4 rings (SSSR count). The van der Waals surface area contributed by atoms with Gasteiger partial charge < -0.3 is 14.5 Å². The van der Waals surface area contributed by atoms with E-state index in [0.717, 1.165) is 24.2 Å². The van der Waals surface area contributed by atoms with Crippen LogP contribution in [0.1, 0.15) is 47.8 Å². The third kappa shape index (κ3) is 3.26. The predicted molar refractivity (Wildman–Crippen MR) is 88.0 cm³/mol. The first-order valence-electron chi connectivity index (χ1n) is 8.58. The fourth-order valence-corrected chi connectivity index (χ4v) is 3.16. The molecule has 0 bridgehead atoms. The van der Waals surface area contributed by atoms with Gasteiger partial charge in [-0.15, -0.1) is 0 Å². The Bertz CT molecular complexity index is 795. The number of benzene rings is 1. The van der Waals surface area contributed by atoms with E-state index in [1.165, 1.54) is 0 Å². The van der Waals surface area contributed by atoms with Crippen LogP contribution < -0.4 is 0 Å². The molecule has 1 atom stereocenters. The summed E-state index contributed by atoms with van der Waals surface area (Å²) in [5.41, 5.74) is 1.31. The maximum atomic E-state index is 12.6. The van der Waals surface area contributed by atoms with Gasteiger partial charge in [-0.3, -0.25) is 9.59 Å². The molecule has 2 fully saturated rings. The zero-order valence-electron chi connectivity index (χ0n) is 13.7. The highest BCUT2D eigenvalue weighted by molar-refractivity contribution is 5.95. The number of carboxylic acid groups (broad SMARTS) is 1. The fourth-order valence-electron chi connectivity index (χ4n) is 3.16. The number of carboxylic acids is 1. The molecule has 2 heterocycles. The van der Waals surface area contributed by atoms with Crippen molar-refractivity contribution in [3.05, 3.63) is 35.7 Å². The Kier molecular flexibility index (Phi) is 3.99. The molecule has 25 heavy (non-hydrogen) atoms. The van der Waals surface area contributed by atoms with Crippen molar-refractivity contribution in [1.82, 2.24) is 15.0 Å². The van der Waals surface area contributed by atoms with Gasteiger partial charge >= 0.3 is 5.97 Å². The van der Waals surface area contributed by atoms with Gasteiger partial charge in [0.25, 0.3) is 11.8 Å². The van der Waals surface area contributed by atoms with Crippen LogP contribution in [0.3, 0.4) is 0 Å². The fraction of sp³-hybridized carbons (Fsp3) is 0.444. The number of aromatic nitrogens is 2. The third-order valence-electron chi connectivity index (χ3n) is 4.82. The smallest absolute Gasteiger partial charge is 0.308 e. The molecule has 0 unspecified atom stereocenters. The monoisotopic (exact) mass is 341 g/mol. The molecule has 1 aliphatic heterocycles. The lowest BCUT2D eigenvalue weighted by atomic mass is 9.97. The molecular weight excluding hydrogens is 322 g/mol. The molecule has 7 heteroatoms. The van der Waals surface area contributed by atoms with Gasteiger partial charge in [0.15, 0.2) is 5.82 Å². The van der Waals surface area contributed by atoms with Gasteiger partial charge in [0.1, 0.15) is 0 Å². The molecule has 1 saturated carbocycles. The maximum absolute atomic E-state index is 12.6. The van der Waals surface area contributed by atoms with Crippen LogP contribution in [-0.2, 0) is 4.79 Å². The van der Waals surface area contributed by atoms with Gasteiger partial charge in [-0.1, -0.05) is 5.16 Å². The van der Waals surface area contributed by atoms with Crippen molar-refractivity contribution >= 4 is 11.9 Å². The number of carbonyl (C=O) groups excluding carboxylic acids is 1. The summed E-state index contributed by atoms with van der Waals surface area (Å²) >= 11 is 0. The quantitative estimate of drug-likeness (QED) is 0.918. The summed E-state index contributed by atoms with van der Waals surface area (Å²) in [7, 11) is 0. The molecular formula is C18H19N3O4. The second kappa shape index (κ2) is 6.31. The summed E-state index contributed by atoms with van der Waals surface area (Å²) in [6.07, 6.45) is 3.56. The van der Waals surface area contributed by atoms with E-state index in [1.807, 2.05) is 0 Å². The molecule has 1 aromatic heterocycles. The molecule has 130 valence electrons. The van der Waals surface area contributed by atoms with Crippen molar-refractivity contribution in [2.75, 3.05) is 13.1 Å². The van der Waals surface area contributed by atoms with E-state index in [0.29, 0.717) is 36.8 Å². The number of nitrogens with zero attached hydrogens (tertiary/aromatic N) is 3. The summed E-state index contributed by atoms with van der Waals surface area (Å²) in [6.45, 7) is 0.864. The SMILES string of the molecule is O=C(O)[C@H]1CCCN(C(=O)c2ccc(-c3nc(C4CC4)no3)cc2)C1. The summed E-state index contributed by atoms with van der Waals surface area (Å²) in [4.78, 5) is 29.8. The van der Waals surface area contributed by atoms with Gasteiger partial charge in [-0.05, 0) is 49.9 Å². The minimum atomic E-state index is -0.837. The third-order valence-corrected chi connectivity index (χ3v) is 4.82. The van der Waals surface area contributed by atoms with E-state index >= 15 is 0 Å². The average Bonchev–Trinajstić information content (AvgIpc) is 3.38. The summed E-state index contributed by atoms with van der Waals surface area (Å²) in [5, 5.41) is 13.1. The number of rotatable bonds is 4. The van der Waals surface area contributed by atoms with Crippen molar-refractivity contribution in [2.24, 2.45) is 5.92 Å². The number of amides is 1. The largest absolute Gasteiger partial charge is 0.481 e. The zero-order valence-corrected chi connectivity index (χ0v) is 13.7. The maximum Gasteiger partial charge on any atom is 0.308 e. The Labute approximate surface area is 144 Å². The number of piperidine rings is 1. The van der Waals surface area contributed by atoms with Crippen molar-refractivity contribution in [2.45, 2.75) is 31.6 Å². The topological polar surface area (TPSA) is 96.5 Å². The Balaban J connectivity index is 1.47. The molecule has 7 nitrogen and oxygen atoms in total. The van der Waals surface area contributed by atoms with E-state index in [4.69, 9.17) is 9.63 Å². The highest BCUT2D eigenvalue weighted by atomic mass is 16.5. The first-order chi connectivity index (χ1) is 12.1. The van der Waals surface area contributed by atoms with Gasteiger partial charge in [0.05, 0.1) is 5.92 Å². The lowest BCUT2D eigenvalue weighted by Gasteiger charge is -2.30. The molecule has 0 radical (unpaired) electrons. The van der Waals surface area contributed by atoms with Crippen LogP contribution in [0, 0.1) is 5.92 Å². The second-order valence-electron chi connectivity index (χ2n) is 6.74. The molecule has 1 saturated heterocycles. The minimum absolute atomic E-state index is 0.137. The van der Waals surface area contributed by atoms with Crippen LogP contribution in [0.15, 0.2) is 28.8 Å². The van der Waals surface area contributed by atoms with Crippen LogP contribution in [0.25, 0.3) is 11.5 Å². The van der Waals surface area contributed by atoms with E-state index in [1.54, 1.807) is 29.2 Å². The van der Waals surface area contributed by atoms with Gasteiger partial charge in [0, 0.05) is 30.1 Å². The number of hydrogen-bond acceptors (Lipinski definition) is 5. The lowest BCUT2D eigenvalue weighted by molar-refractivity contribution is -0.143. The van der Waals surface area contributed by atoms with Crippen molar-refractivity contribution in [1.29, 1.82) is 0 Å². The zero-order chi connectivity index (χ0) is 17.4. The van der Waals surface area contributed by atoms with Crippen LogP contribution in [-0.4, -0.2) is 45.1 Å². The number of aliphatic carboxylic acids is 1. The number of likely N-dealkylation sites (tertiary alicyclic amines) is 1. The molecule has 1 aromatic carbocycles. The Morgan fingerprint density at radius 3 is 2.60 bits per heavy atom. The Morgan fingerprint density at radius 1 is 1.16 bits per heavy atom. The van der Waals surface area contributed by atoms with Crippen molar-refractivity contribution in [3.8, 4) is 11.5 Å². The van der Waals surface area contributed by atoms with E-state index < -0.39 is 11.9 Å². The van der Waals surface area contributed by atoms with E-state index in [-0.39, 0.29) is 12.5 Å². The van der Waals surface area contributed by atoms with Gasteiger partial charge in [0.2, 0.25) is 0 Å².